The van der Waals surface area contributed by atoms with Gasteiger partial charge in [0.05, 0.1) is 0 Å². The van der Waals surface area contributed by atoms with E-state index < -0.39 is 0 Å². The quantitative estimate of drug-likeness (QED) is 0.136. The van der Waals surface area contributed by atoms with E-state index in [2.05, 4.69) is 25.9 Å². The summed E-state index contributed by atoms with van der Waals surface area (Å²) in [5.41, 5.74) is 0. The smallest absolute Gasteiger partial charge is 0.00248 e. The standard InChI is InChI=1S/C28H59N/c1-4-5-6-7-8-9-10-11-12-13-14-15-16-17-18-19-20-21-22-23-24-25-26-27-28-29(2)3/h4-28H2,1-3H3. The van der Waals surface area contributed by atoms with E-state index in [1.807, 2.05) is 0 Å². The van der Waals surface area contributed by atoms with E-state index >= 15 is 0 Å². The summed E-state index contributed by atoms with van der Waals surface area (Å²) in [6.07, 6.45) is 35.3. The maximum Gasteiger partial charge on any atom is -0.00248 e. The van der Waals surface area contributed by atoms with Gasteiger partial charge in [0.1, 0.15) is 0 Å². The molecule has 0 N–H and O–H groups in total. The summed E-state index contributed by atoms with van der Waals surface area (Å²) >= 11 is 0. The zero-order valence-electron chi connectivity index (χ0n) is 21.1. The van der Waals surface area contributed by atoms with E-state index in [0.29, 0.717) is 0 Å². The average molecular weight is 410 g/mol. The number of hydrogen-bond donors (Lipinski definition) is 0. The molecular weight excluding hydrogens is 350 g/mol. The Morgan fingerprint density at radius 3 is 0.724 bits per heavy atom. The molecular formula is C28H59N. The molecule has 1 heteroatoms. The number of rotatable bonds is 25. The second kappa shape index (κ2) is 26.0. The minimum atomic E-state index is 1.26. The second-order valence-electron chi connectivity index (χ2n) is 9.94. The van der Waals surface area contributed by atoms with Gasteiger partial charge < -0.3 is 4.90 Å². The van der Waals surface area contributed by atoms with Gasteiger partial charge in [-0.25, -0.2) is 0 Å². The summed E-state index contributed by atoms with van der Waals surface area (Å²) in [4.78, 5) is 2.30. The van der Waals surface area contributed by atoms with Gasteiger partial charge in [-0.3, -0.25) is 0 Å². The largest absolute Gasteiger partial charge is 0.309 e. The minimum absolute atomic E-state index is 1.26. The van der Waals surface area contributed by atoms with Crippen molar-refractivity contribution in [3.05, 3.63) is 0 Å². The zero-order valence-corrected chi connectivity index (χ0v) is 21.1. The van der Waals surface area contributed by atoms with E-state index in [1.165, 1.54) is 161 Å². The van der Waals surface area contributed by atoms with Crippen LogP contribution in [0.5, 0.6) is 0 Å². The average Bonchev–Trinajstić information content (AvgIpc) is 2.71. The van der Waals surface area contributed by atoms with Crippen LogP contribution in [0.25, 0.3) is 0 Å². The Hall–Kier alpha value is -0.0400. The van der Waals surface area contributed by atoms with Gasteiger partial charge in [0, 0.05) is 0 Å². The van der Waals surface area contributed by atoms with Gasteiger partial charge in [0.15, 0.2) is 0 Å². The molecule has 0 atom stereocenters. The molecule has 0 radical (unpaired) electrons. The zero-order chi connectivity index (χ0) is 21.3. The maximum atomic E-state index is 2.30. The Labute approximate surface area is 186 Å². The molecule has 0 aliphatic heterocycles. The molecule has 0 saturated carbocycles. The first-order valence-electron chi connectivity index (χ1n) is 13.9. The first-order valence-corrected chi connectivity index (χ1v) is 13.9. The van der Waals surface area contributed by atoms with Gasteiger partial charge in [-0.1, -0.05) is 155 Å². The van der Waals surface area contributed by atoms with Crippen molar-refractivity contribution in [2.75, 3.05) is 20.6 Å². The molecule has 0 amide bonds. The lowest BCUT2D eigenvalue weighted by Gasteiger charge is -2.08. The highest BCUT2D eigenvalue weighted by molar-refractivity contribution is 4.52. The molecule has 0 spiro atoms. The van der Waals surface area contributed by atoms with Crippen LogP contribution in [0.2, 0.25) is 0 Å². The Bertz CT molecular complexity index is 273. The first kappa shape index (κ1) is 29.0. The van der Waals surface area contributed by atoms with Crippen molar-refractivity contribution in [2.24, 2.45) is 0 Å². The highest BCUT2D eigenvalue weighted by Gasteiger charge is 1.96. The third kappa shape index (κ3) is 28.0. The summed E-state index contributed by atoms with van der Waals surface area (Å²) in [6.45, 7) is 3.57. The maximum absolute atomic E-state index is 2.30. The minimum Gasteiger partial charge on any atom is -0.309 e. The van der Waals surface area contributed by atoms with Gasteiger partial charge in [-0.15, -0.1) is 0 Å². The lowest BCUT2D eigenvalue weighted by atomic mass is 10.0. The van der Waals surface area contributed by atoms with Crippen LogP contribution in [-0.4, -0.2) is 25.5 Å². The molecule has 29 heavy (non-hydrogen) atoms. The molecule has 0 saturated heterocycles. The van der Waals surface area contributed by atoms with Crippen molar-refractivity contribution in [1.29, 1.82) is 0 Å². The molecule has 0 aliphatic carbocycles. The van der Waals surface area contributed by atoms with Crippen molar-refractivity contribution in [3.8, 4) is 0 Å². The van der Waals surface area contributed by atoms with Crippen molar-refractivity contribution in [3.63, 3.8) is 0 Å². The van der Waals surface area contributed by atoms with E-state index in [-0.39, 0.29) is 0 Å². The van der Waals surface area contributed by atoms with Crippen LogP contribution in [0.1, 0.15) is 161 Å². The van der Waals surface area contributed by atoms with E-state index in [1.54, 1.807) is 0 Å². The highest BCUT2D eigenvalue weighted by atomic mass is 15.0. The van der Waals surface area contributed by atoms with Gasteiger partial charge >= 0.3 is 0 Å². The fourth-order valence-electron chi connectivity index (χ4n) is 4.39. The summed E-state index contributed by atoms with van der Waals surface area (Å²) < 4.78 is 0. The molecule has 0 unspecified atom stereocenters. The topological polar surface area (TPSA) is 3.24 Å². The predicted octanol–water partition coefficient (Wildman–Crippen LogP) is 9.93. The Morgan fingerprint density at radius 1 is 0.310 bits per heavy atom. The fraction of sp³-hybridized carbons (Fsp3) is 1.00. The third-order valence-corrected chi connectivity index (χ3v) is 6.46. The number of nitrogens with zero attached hydrogens (tertiary/aromatic N) is 1. The van der Waals surface area contributed by atoms with Crippen molar-refractivity contribution in [1.82, 2.24) is 4.90 Å². The SMILES string of the molecule is CCCCCCCCCCCCCCCCCCCCCCCCCCN(C)C. The van der Waals surface area contributed by atoms with E-state index in [4.69, 9.17) is 0 Å². The molecule has 0 fully saturated rings. The van der Waals surface area contributed by atoms with E-state index in [9.17, 15) is 0 Å². The van der Waals surface area contributed by atoms with Crippen LogP contribution in [0, 0.1) is 0 Å². The van der Waals surface area contributed by atoms with Gasteiger partial charge in [0.2, 0.25) is 0 Å². The van der Waals surface area contributed by atoms with Gasteiger partial charge in [-0.05, 0) is 27.1 Å². The van der Waals surface area contributed by atoms with Crippen molar-refractivity contribution in [2.45, 2.75) is 161 Å². The monoisotopic (exact) mass is 409 g/mol. The second-order valence-corrected chi connectivity index (χ2v) is 9.94. The van der Waals surface area contributed by atoms with Crippen LogP contribution in [0.4, 0.5) is 0 Å². The van der Waals surface area contributed by atoms with Crippen molar-refractivity contribution < 1.29 is 0 Å². The van der Waals surface area contributed by atoms with E-state index in [0.717, 1.165) is 0 Å². The molecule has 0 rings (SSSR count). The highest BCUT2D eigenvalue weighted by Crippen LogP contribution is 2.15. The van der Waals surface area contributed by atoms with Crippen LogP contribution in [-0.2, 0) is 0 Å². The van der Waals surface area contributed by atoms with Crippen LogP contribution in [0.15, 0.2) is 0 Å². The molecule has 1 nitrogen and oxygen atoms in total. The number of unbranched alkanes of at least 4 members (excludes halogenated alkanes) is 23. The molecule has 0 aromatic heterocycles. The Balaban J connectivity index is 2.98. The fourth-order valence-corrected chi connectivity index (χ4v) is 4.39. The number of hydrogen-bond acceptors (Lipinski definition) is 1. The summed E-state index contributed by atoms with van der Waals surface area (Å²) in [6, 6.07) is 0. The Morgan fingerprint density at radius 2 is 0.517 bits per heavy atom. The summed E-state index contributed by atoms with van der Waals surface area (Å²) in [5, 5.41) is 0. The van der Waals surface area contributed by atoms with Gasteiger partial charge in [-0.2, -0.15) is 0 Å². The van der Waals surface area contributed by atoms with Crippen LogP contribution >= 0.6 is 0 Å². The molecule has 0 aromatic carbocycles. The lowest BCUT2D eigenvalue weighted by Crippen LogP contribution is -2.12. The Kier molecular flexibility index (Phi) is 26.0. The first-order chi connectivity index (χ1) is 14.3. The molecule has 176 valence electrons. The van der Waals surface area contributed by atoms with Crippen LogP contribution in [0.3, 0.4) is 0 Å². The molecule has 0 heterocycles. The lowest BCUT2D eigenvalue weighted by molar-refractivity contribution is 0.389. The summed E-state index contributed by atoms with van der Waals surface area (Å²) in [5.74, 6) is 0. The molecule has 0 bridgehead atoms. The van der Waals surface area contributed by atoms with Gasteiger partial charge in [0.25, 0.3) is 0 Å². The molecule has 0 aromatic rings. The van der Waals surface area contributed by atoms with Crippen LogP contribution < -0.4 is 0 Å². The normalized spacial score (nSPS) is 11.6. The summed E-state index contributed by atoms with van der Waals surface area (Å²) in [7, 11) is 4.36. The molecule has 0 aliphatic rings. The predicted molar refractivity (Wildman–Crippen MR) is 135 cm³/mol. The van der Waals surface area contributed by atoms with Crippen molar-refractivity contribution >= 4 is 0 Å². The third-order valence-electron chi connectivity index (χ3n) is 6.46.